The zero-order valence-electron chi connectivity index (χ0n) is 8.37. The lowest BCUT2D eigenvalue weighted by Crippen LogP contribution is -2.25. The molecule has 0 spiro atoms. The first-order valence-corrected chi connectivity index (χ1v) is 5.28. The van der Waals surface area contributed by atoms with E-state index in [0.29, 0.717) is 6.04 Å². The molecule has 0 aromatic carbocycles. The molecule has 3 heteroatoms. The summed E-state index contributed by atoms with van der Waals surface area (Å²) in [6.07, 6.45) is 8.86. The Balaban J connectivity index is 1.88. The molecular formula is C11H17N3. The van der Waals surface area contributed by atoms with Crippen LogP contribution in [0.25, 0.3) is 0 Å². The fraction of sp³-hybridized carbons (Fsp3) is 0.545. The molecule has 1 aromatic rings. The molecule has 0 bridgehead atoms. The SMILES string of the molecule is Nc1cnccc1CNC1CCCC1. The molecule has 2 rings (SSSR count). The molecule has 1 aliphatic carbocycles. The Morgan fingerprint density at radius 1 is 1.43 bits per heavy atom. The van der Waals surface area contributed by atoms with Gasteiger partial charge >= 0.3 is 0 Å². The van der Waals surface area contributed by atoms with Crippen molar-refractivity contribution < 1.29 is 0 Å². The second kappa shape index (κ2) is 4.42. The summed E-state index contributed by atoms with van der Waals surface area (Å²) in [5, 5.41) is 3.53. The normalized spacial score (nSPS) is 17.4. The van der Waals surface area contributed by atoms with Crippen molar-refractivity contribution in [2.45, 2.75) is 38.3 Å². The van der Waals surface area contributed by atoms with Gasteiger partial charge in [0.15, 0.2) is 0 Å². The van der Waals surface area contributed by atoms with Crippen molar-refractivity contribution in [2.24, 2.45) is 0 Å². The Kier molecular flexibility index (Phi) is 2.99. The van der Waals surface area contributed by atoms with E-state index < -0.39 is 0 Å². The van der Waals surface area contributed by atoms with Crippen LogP contribution in [0.4, 0.5) is 5.69 Å². The predicted octanol–water partition coefficient (Wildman–Crippen LogP) is 1.70. The number of anilines is 1. The van der Waals surface area contributed by atoms with E-state index in [2.05, 4.69) is 10.3 Å². The lowest BCUT2D eigenvalue weighted by Gasteiger charge is -2.12. The summed E-state index contributed by atoms with van der Waals surface area (Å²) in [5.41, 5.74) is 7.75. The third-order valence-corrected chi connectivity index (χ3v) is 2.88. The van der Waals surface area contributed by atoms with Crippen LogP contribution in [0.2, 0.25) is 0 Å². The molecule has 1 aliphatic rings. The third-order valence-electron chi connectivity index (χ3n) is 2.88. The van der Waals surface area contributed by atoms with E-state index in [0.717, 1.165) is 17.8 Å². The summed E-state index contributed by atoms with van der Waals surface area (Å²) in [6.45, 7) is 0.874. The first-order valence-electron chi connectivity index (χ1n) is 5.28. The summed E-state index contributed by atoms with van der Waals surface area (Å²) in [4.78, 5) is 3.97. The van der Waals surface area contributed by atoms with Crippen molar-refractivity contribution in [3.8, 4) is 0 Å². The summed E-state index contributed by atoms with van der Waals surface area (Å²) < 4.78 is 0. The van der Waals surface area contributed by atoms with E-state index in [-0.39, 0.29) is 0 Å². The number of nitrogens with one attached hydrogen (secondary N) is 1. The fourth-order valence-electron chi connectivity index (χ4n) is 1.98. The summed E-state index contributed by atoms with van der Waals surface area (Å²) in [5.74, 6) is 0. The number of nitrogens with zero attached hydrogens (tertiary/aromatic N) is 1. The van der Waals surface area contributed by atoms with Gasteiger partial charge in [-0.2, -0.15) is 0 Å². The molecule has 0 atom stereocenters. The fourth-order valence-corrected chi connectivity index (χ4v) is 1.98. The van der Waals surface area contributed by atoms with Gasteiger partial charge in [-0.05, 0) is 24.5 Å². The highest BCUT2D eigenvalue weighted by molar-refractivity contribution is 5.43. The Morgan fingerprint density at radius 3 is 2.93 bits per heavy atom. The highest BCUT2D eigenvalue weighted by Crippen LogP contribution is 2.18. The molecule has 0 amide bonds. The average molecular weight is 191 g/mol. The first kappa shape index (κ1) is 9.46. The molecule has 76 valence electrons. The zero-order chi connectivity index (χ0) is 9.80. The van der Waals surface area contributed by atoms with Crippen LogP contribution in [-0.4, -0.2) is 11.0 Å². The Bertz CT molecular complexity index is 292. The van der Waals surface area contributed by atoms with Gasteiger partial charge in [-0.15, -0.1) is 0 Å². The van der Waals surface area contributed by atoms with E-state index in [9.17, 15) is 0 Å². The predicted molar refractivity (Wildman–Crippen MR) is 57.7 cm³/mol. The second-order valence-electron chi connectivity index (χ2n) is 3.94. The minimum Gasteiger partial charge on any atom is -0.397 e. The molecule has 3 nitrogen and oxygen atoms in total. The van der Waals surface area contributed by atoms with Crippen molar-refractivity contribution in [1.82, 2.24) is 10.3 Å². The minimum atomic E-state index is 0.697. The maximum Gasteiger partial charge on any atom is 0.0546 e. The van der Waals surface area contributed by atoms with Crippen LogP contribution in [-0.2, 0) is 6.54 Å². The topological polar surface area (TPSA) is 50.9 Å². The molecule has 1 fully saturated rings. The summed E-state index contributed by atoms with van der Waals surface area (Å²) in [7, 11) is 0. The maximum absolute atomic E-state index is 5.80. The van der Waals surface area contributed by atoms with Gasteiger partial charge in [0.2, 0.25) is 0 Å². The minimum absolute atomic E-state index is 0.697. The van der Waals surface area contributed by atoms with E-state index in [1.54, 1.807) is 12.4 Å². The van der Waals surface area contributed by atoms with Crippen molar-refractivity contribution in [3.05, 3.63) is 24.0 Å². The Labute approximate surface area is 84.7 Å². The van der Waals surface area contributed by atoms with E-state index in [1.807, 2.05) is 6.07 Å². The number of nitrogen functional groups attached to an aromatic ring is 1. The van der Waals surface area contributed by atoms with Crippen molar-refractivity contribution in [1.29, 1.82) is 0 Å². The van der Waals surface area contributed by atoms with Gasteiger partial charge in [0.05, 0.1) is 11.9 Å². The largest absolute Gasteiger partial charge is 0.397 e. The first-order chi connectivity index (χ1) is 6.86. The quantitative estimate of drug-likeness (QED) is 0.764. The van der Waals surface area contributed by atoms with E-state index in [1.165, 1.54) is 25.7 Å². The van der Waals surface area contributed by atoms with Crippen LogP contribution < -0.4 is 11.1 Å². The van der Waals surface area contributed by atoms with Gasteiger partial charge in [0, 0.05) is 18.8 Å². The number of aromatic nitrogens is 1. The van der Waals surface area contributed by atoms with Crippen LogP contribution in [0.15, 0.2) is 18.5 Å². The second-order valence-corrected chi connectivity index (χ2v) is 3.94. The van der Waals surface area contributed by atoms with Crippen LogP contribution in [0.3, 0.4) is 0 Å². The van der Waals surface area contributed by atoms with Gasteiger partial charge in [0.25, 0.3) is 0 Å². The highest BCUT2D eigenvalue weighted by atomic mass is 14.9. The van der Waals surface area contributed by atoms with Crippen LogP contribution in [0, 0.1) is 0 Å². The number of pyridine rings is 1. The molecular weight excluding hydrogens is 174 g/mol. The van der Waals surface area contributed by atoms with Gasteiger partial charge in [-0.25, -0.2) is 0 Å². The number of rotatable bonds is 3. The monoisotopic (exact) mass is 191 g/mol. The van der Waals surface area contributed by atoms with Crippen LogP contribution in [0.5, 0.6) is 0 Å². The average Bonchev–Trinajstić information content (AvgIpc) is 2.69. The van der Waals surface area contributed by atoms with Crippen LogP contribution >= 0.6 is 0 Å². The molecule has 1 saturated carbocycles. The number of nitrogens with two attached hydrogens (primary N) is 1. The van der Waals surface area contributed by atoms with Gasteiger partial charge in [-0.1, -0.05) is 12.8 Å². The Morgan fingerprint density at radius 2 is 2.21 bits per heavy atom. The smallest absolute Gasteiger partial charge is 0.0546 e. The molecule has 14 heavy (non-hydrogen) atoms. The Hall–Kier alpha value is -1.09. The number of hydrogen-bond donors (Lipinski definition) is 2. The standard InChI is InChI=1S/C11H17N3/c12-11-8-13-6-5-9(11)7-14-10-3-1-2-4-10/h5-6,8,10,14H,1-4,7,12H2. The lowest BCUT2D eigenvalue weighted by molar-refractivity contribution is 0.524. The van der Waals surface area contributed by atoms with Crippen molar-refractivity contribution in [3.63, 3.8) is 0 Å². The highest BCUT2D eigenvalue weighted by Gasteiger charge is 2.13. The molecule has 0 unspecified atom stereocenters. The van der Waals surface area contributed by atoms with Gasteiger partial charge in [-0.3, -0.25) is 4.98 Å². The molecule has 0 saturated heterocycles. The van der Waals surface area contributed by atoms with Crippen LogP contribution in [0.1, 0.15) is 31.2 Å². The maximum atomic E-state index is 5.80. The lowest BCUT2D eigenvalue weighted by atomic mass is 10.2. The van der Waals surface area contributed by atoms with Gasteiger partial charge < -0.3 is 11.1 Å². The molecule has 0 aliphatic heterocycles. The van der Waals surface area contributed by atoms with Gasteiger partial charge in [0.1, 0.15) is 0 Å². The van der Waals surface area contributed by atoms with E-state index in [4.69, 9.17) is 5.73 Å². The molecule has 3 N–H and O–H groups in total. The van der Waals surface area contributed by atoms with Crippen molar-refractivity contribution >= 4 is 5.69 Å². The van der Waals surface area contributed by atoms with E-state index >= 15 is 0 Å². The summed E-state index contributed by atoms with van der Waals surface area (Å²) in [6, 6.07) is 2.68. The zero-order valence-corrected chi connectivity index (χ0v) is 8.37. The summed E-state index contributed by atoms with van der Waals surface area (Å²) >= 11 is 0. The number of hydrogen-bond acceptors (Lipinski definition) is 3. The molecule has 1 heterocycles. The molecule has 1 aromatic heterocycles. The molecule has 0 radical (unpaired) electrons. The third kappa shape index (κ3) is 2.23. The van der Waals surface area contributed by atoms with Crippen molar-refractivity contribution in [2.75, 3.05) is 5.73 Å².